The molecule has 7 nitrogen and oxygen atoms in total. The van der Waals surface area contributed by atoms with Crippen molar-refractivity contribution in [1.82, 2.24) is 4.31 Å². The Kier molecular flexibility index (Phi) is 10.2. The maximum atomic E-state index is 13.6. The van der Waals surface area contributed by atoms with E-state index < -0.39 is 38.9 Å². The second-order valence-electron chi connectivity index (χ2n) is 8.14. The van der Waals surface area contributed by atoms with Crippen LogP contribution in [0.1, 0.15) is 30.4 Å². The quantitative estimate of drug-likeness (QED) is 0.307. The number of allylic oxidation sites excluding steroid dienone is 1. The molecule has 0 aliphatic carbocycles. The number of nitrogens with zero attached hydrogens (tertiary/aromatic N) is 1. The lowest BCUT2D eigenvalue weighted by Gasteiger charge is -2.31. The molecule has 186 valence electrons. The molecule has 2 atom stereocenters. The SMILES string of the molecule is C=CCC[C@H](O)CN([C@@H](CC=C)COS(=O)(=O)c1ccc(C)cc1)S(=O)(=O)c1ccc(C)cc1. The largest absolute Gasteiger partial charge is 0.392 e. The van der Waals surface area contributed by atoms with Gasteiger partial charge >= 0.3 is 0 Å². The monoisotopic (exact) mass is 507 g/mol. The molecule has 0 saturated heterocycles. The molecule has 0 aromatic heterocycles. The summed E-state index contributed by atoms with van der Waals surface area (Å²) >= 11 is 0. The zero-order valence-corrected chi connectivity index (χ0v) is 21.3. The van der Waals surface area contributed by atoms with E-state index in [2.05, 4.69) is 13.2 Å². The molecule has 0 radical (unpaired) electrons. The van der Waals surface area contributed by atoms with Crippen LogP contribution in [0.4, 0.5) is 0 Å². The van der Waals surface area contributed by atoms with E-state index in [1.165, 1.54) is 30.3 Å². The Labute approximate surface area is 203 Å². The van der Waals surface area contributed by atoms with Gasteiger partial charge in [-0.2, -0.15) is 12.7 Å². The first-order chi connectivity index (χ1) is 16.0. The van der Waals surface area contributed by atoms with Gasteiger partial charge in [0.25, 0.3) is 10.1 Å². The maximum absolute atomic E-state index is 13.6. The molecule has 34 heavy (non-hydrogen) atoms. The van der Waals surface area contributed by atoms with E-state index >= 15 is 0 Å². The van der Waals surface area contributed by atoms with E-state index in [0.717, 1.165) is 15.4 Å². The second-order valence-corrected chi connectivity index (χ2v) is 11.6. The number of aliphatic hydroxyl groups excluding tert-OH is 1. The third-order valence-corrected chi connectivity index (χ3v) is 8.52. The van der Waals surface area contributed by atoms with Crippen molar-refractivity contribution in [2.75, 3.05) is 13.2 Å². The van der Waals surface area contributed by atoms with Gasteiger partial charge in [0.2, 0.25) is 10.0 Å². The lowest BCUT2D eigenvalue weighted by atomic mass is 10.1. The van der Waals surface area contributed by atoms with E-state index in [1.807, 2.05) is 13.8 Å². The highest BCUT2D eigenvalue weighted by Gasteiger charge is 2.34. The molecule has 0 fully saturated rings. The predicted octanol–water partition coefficient (Wildman–Crippen LogP) is 3.97. The molecular weight excluding hydrogens is 474 g/mol. The highest BCUT2D eigenvalue weighted by molar-refractivity contribution is 7.89. The van der Waals surface area contributed by atoms with Crippen LogP contribution in [0, 0.1) is 13.8 Å². The topological polar surface area (TPSA) is 101 Å². The molecular formula is C25H33NO6S2. The zero-order valence-electron chi connectivity index (χ0n) is 19.6. The van der Waals surface area contributed by atoms with Crippen molar-refractivity contribution in [2.45, 2.75) is 55.0 Å². The van der Waals surface area contributed by atoms with E-state index in [1.54, 1.807) is 30.3 Å². The van der Waals surface area contributed by atoms with Gasteiger partial charge < -0.3 is 5.11 Å². The van der Waals surface area contributed by atoms with Crippen LogP contribution in [0.25, 0.3) is 0 Å². The average Bonchev–Trinajstić information content (AvgIpc) is 2.79. The van der Waals surface area contributed by atoms with Crippen LogP contribution in [0.3, 0.4) is 0 Å². The predicted molar refractivity (Wildman–Crippen MR) is 133 cm³/mol. The van der Waals surface area contributed by atoms with Crippen LogP contribution in [0.2, 0.25) is 0 Å². The standard InChI is InChI=1S/C25H33NO6S2/c1-5-7-9-23(27)18-26(33(28,29)24-14-10-20(3)11-15-24)22(8-6-2)19-32-34(30,31)25-16-12-21(4)13-17-25/h5-6,10-17,22-23,27H,1-2,7-9,18-19H2,3-4H3/t22-,23-/m0/s1. The number of aliphatic hydroxyl groups is 1. The zero-order chi connectivity index (χ0) is 25.4. The van der Waals surface area contributed by atoms with Crippen molar-refractivity contribution in [3.63, 3.8) is 0 Å². The summed E-state index contributed by atoms with van der Waals surface area (Å²) in [5.74, 6) is 0. The summed E-state index contributed by atoms with van der Waals surface area (Å²) in [6.45, 7) is 10.3. The molecule has 0 aliphatic heterocycles. The van der Waals surface area contributed by atoms with Gasteiger partial charge in [-0.25, -0.2) is 8.42 Å². The van der Waals surface area contributed by atoms with E-state index in [0.29, 0.717) is 12.8 Å². The summed E-state index contributed by atoms with van der Waals surface area (Å²) in [6.07, 6.45) is 3.11. The number of hydrogen-bond acceptors (Lipinski definition) is 6. The molecule has 2 aromatic rings. The van der Waals surface area contributed by atoms with Gasteiger partial charge in [0.05, 0.1) is 28.5 Å². The van der Waals surface area contributed by atoms with E-state index in [9.17, 15) is 21.9 Å². The van der Waals surface area contributed by atoms with Crippen LogP contribution in [-0.4, -0.2) is 51.5 Å². The minimum Gasteiger partial charge on any atom is -0.392 e. The van der Waals surface area contributed by atoms with Gasteiger partial charge in [0.15, 0.2) is 0 Å². The van der Waals surface area contributed by atoms with Gasteiger partial charge in [-0.1, -0.05) is 47.5 Å². The Bertz CT molecular complexity index is 1160. The second kappa shape index (κ2) is 12.4. The maximum Gasteiger partial charge on any atom is 0.297 e. The van der Waals surface area contributed by atoms with E-state index in [-0.39, 0.29) is 22.8 Å². The molecule has 9 heteroatoms. The van der Waals surface area contributed by atoms with Crippen LogP contribution in [-0.2, 0) is 24.3 Å². The van der Waals surface area contributed by atoms with Crippen molar-refractivity contribution < 1.29 is 26.1 Å². The van der Waals surface area contributed by atoms with Crippen molar-refractivity contribution in [3.8, 4) is 0 Å². The van der Waals surface area contributed by atoms with Crippen LogP contribution in [0.15, 0.2) is 83.6 Å². The lowest BCUT2D eigenvalue weighted by molar-refractivity contribution is 0.111. The van der Waals surface area contributed by atoms with Crippen LogP contribution >= 0.6 is 0 Å². The Balaban J connectivity index is 2.38. The first kappa shape index (κ1) is 27.9. The van der Waals surface area contributed by atoms with Gasteiger partial charge in [-0.05, 0) is 57.4 Å². The Morgan fingerprint density at radius 2 is 1.44 bits per heavy atom. The third-order valence-electron chi connectivity index (χ3n) is 5.29. The fourth-order valence-electron chi connectivity index (χ4n) is 3.30. The fourth-order valence-corrected chi connectivity index (χ4v) is 5.90. The van der Waals surface area contributed by atoms with E-state index in [4.69, 9.17) is 4.18 Å². The molecule has 0 amide bonds. The third kappa shape index (κ3) is 7.61. The molecule has 2 rings (SSSR count). The fraction of sp³-hybridized carbons (Fsp3) is 0.360. The first-order valence-electron chi connectivity index (χ1n) is 11.0. The molecule has 0 unspecified atom stereocenters. The molecule has 0 saturated carbocycles. The first-order valence-corrected chi connectivity index (χ1v) is 13.8. The summed E-state index contributed by atoms with van der Waals surface area (Å²) in [4.78, 5) is 0.0267. The van der Waals surface area contributed by atoms with Gasteiger partial charge in [-0.15, -0.1) is 13.2 Å². The van der Waals surface area contributed by atoms with Gasteiger partial charge in [0, 0.05) is 6.54 Å². The molecule has 0 spiro atoms. The summed E-state index contributed by atoms with van der Waals surface area (Å²) < 4.78 is 58.9. The minimum atomic E-state index is -4.11. The molecule has 2 aromatic carbocycles. The molecule has 0 bridgehead atoms. The van der Waals surface area contributed by atoms with Gasteiger partial charge in [-0.3, -0.25) is 4.18 Å². The summed E-state index contributed by atoms with van der Waals surface area (Å²) in [5, 5.41) is 10.5. The molecule has 0 aliphatic rings. The Morgan fingerprint density at radius 1 is 0.912 bits per heavy atom. The van der Waals surface area contributed by atoms with Gasteiger partial charge in [0.1, 0.15) is 0 Å². The average molecular weight is 508 g/mol. The number of sulfonamides is 1. The van der Waals surface area contributed by atoms with Crippen molar-refractivity contribution in [1.29, 1.82) is 0 Å². The minimum absolute atomic E-state index is 0.0191. The van der Waals surface area contributed by atoms with Crippen molar-refractivity contribution >= 4 is 20.1 Å². The number of hydrogen-bond donors (Lipinski definition) is 1. The summed E-state index contributed by atoms with van der Waals surface area (Å²) in [6, 6.07) is 11.6. The van der Waals surface area contributed by atoms with Crippen molar-refractivity contribution in [3.05, 3.63) is 85.0 Å². The molecule has 1 N–H and O–H groups in total. The smallest absolute Gasteiger partial charge is 0.297 e. The Hall–Kier alpha value is -2.30. The van der Waals surface area contributed by atoms with Crippen LogP contribution in [0.5, 0.6) is 0 Å². The van der Waals surface area contributed by atoms with Crippen molar-refractivity contribution in [2.24, 2.45) is 0 Å². The Morgan fingerprint density at radius 3 is 1.94 bits per heavy atom. The number of benzene rings is 2. The number of rotatable bonds is 14. The normalized spacial score (nSPS) is 14.0. The summed E-state index contributed by atoms with van der Waals surface area (Å²) in [5.41, 5.74) is 1.79. The molecule has 0 heterocycles. The summed E-state index contributed by atoms with van der Waals surface area (Å²) in [7, 11) is -8.19. The number of aryl methyl sites for hydroxylation is 2. The van der Waals surface area contributed by atoms with Crippen LogP contribution < -0.4 is 0 Å². The highest BCUT2D eigenvalue weighted by atomic mass is 32.2. The lowest BCUT2D eigenvalue weighted by Crippen LogP contribution is -2.46. The highest BCUT2D eigenvalue weighted by Crippen LogP contribution is 2.23.